The molecule has 3 aliphatic rings. The Morgan fingerprint density at radius 2 is 1.70 bits per heavy atom. The number of methoxy groups -OCH3 is 2. The van der Waals surface area contributed by atoms with E-state index in [0.29, 0.717) is 12.8 Å². The number of esters is 2. The van der Waals surface area contributed by atoms with Gasteiger partial charge in [0.15, 0.2) is 5.78 Å². The van der Waals surface area contributed by atoms with Crippen LogP contribution in [0, 0.1) is 28.6 Å². The van der Waals surface area contributed by atoms with E-state index < -0.39 is 67.4 Å². The Labute approximate surface area is 255 Å². The summed E-state index contributed by atoms with van der Waals surface area (Å²) in [5.74, 6) is -3.88. The maximum Gasteiger partial charge on any atom is 0.319 e. The number of aliphatic hydroxyl groups excluding tert-OH is 1. The maximum atomic E-state index is 14.4. The van der Waals surface area contributed by atoms with Crippen molar-refractivity contribution in [2.45, 2.75) is 89.6 Å². The summed E-state index contributed by atoms with van der Waals surface area (Å²) in [5.41, 5.74) is -2.97. The normalized spacial score (nSPS) is 32.6. The highest BCUT2D eigenvalue weighted by Gasteiger charge is 2.65. The second-order valence-electron chi connectivity index (χ2n) is 13.4. The second-order valence-corrected chi connectivity index (χ2v) is 18.3. The molecule has 4 rings (SSSR count). The molecule has 0 heterocycles. The number of ether oxygens (including phenoxy) is 3. The van der Waals surface area contributed by atoms with Gasteiger partial charge in [0.2, 0.25) is 0 Å². The van der Waals surface area contributed by atoms with E-state index in [2.05, 4.69) is 25.2 Å². The van der Waals surface area contributed by atoms with E-state index in [-0.39, 0.29) is 55.0 Å². The molecule has 0 amide bonds. The first kappa shape index (κ1) is 33.2. The smallest absolute Gasteiger partial charge is 0.319 e. The Hall–Kier alpha value is -2.69. The molecule has 0 bridgehead atoms. The first-order chi connectivity index (χ1) is 20.3. The SMILES string of the molecule is COC(=O)[C@]1(C[C@@H](OC(C)=O)[C@H]2CC(=O)C[C@@H]3C[C@@H]([Si](C)(C)c4ccccc4)CC(=O)[C@@]32CO)C(=O)CC[C@@H]1[C@@H](C)OC. The quantitative estimate of drug-likeness (QED) is 0.239. The molecule has 236 valence electrons. The van der Waals surface area contributed by atoms with Gasteiger partial charge in [0.1, 0.15) is 23.1 Å². The van der Waals surface area contributed by atoms with Crippen molar-refractivity contribution in [2.24, 2.45) is 28.6 Å². The molecule has 3 saturated carbocycles. The van der Waals surface area contributed by atoms with Crippen molar-refractivity contribution in [1.82, 2.24) is 0 Å². The van der Waals surface area contributed by atoms with E-state index in [4.69, 9.17) is 14.2 Å². The summed E-state index contributed by atoms with van der Waals surface area (Å²) in [5, 5.41) is 12.3. The zero-order chi connectivity index (χ0) is 31.7. The minimum atomic E-state index is -2.16. The molecule has 0 aromatic heterocycles. The molecule has 1 aromatic rings. The van der Waals surface area contributed by atoms with Crippen LogP contribution in [0.5, 0.6) is 0 Å². The second kappa shape index (κ2) is 12.7. The number of benzene rings is 1. The average Bonchev–Trinajstić information content (AvgIpc) is 3.31. The predicted octanol–water partition coefficient (Wildman–Crippen LogP) is 3.40. The molecule has 0 radical (unpaired) electrons. The van der Waals surface area contributed by atoms with Gasteiger partial charge in [-0.15, -0.1) is 0 Å². The first-order valence-electron chi connectivity index (χ1n) is 15.3. The van der Waals surface area contributed by atoms with Gasteiger partial charge in [-0.25, -0.2) is 0 Å². The lowest BCUT2D eigenvalue weighted by Gasteiger charge is -2.55. The molecule has 3 aliphatic carbocycles. The Balaban J connectivity index is 1.78. The van der Waals surface area contributed by atoms with E-state index in [1.807, 2.05) is 18.2 Å². The van der Waals surface area contributed by atoms with Gasteiger partial charge < -0.3 is 19.3 Å². The highest BCUT2D eigenvalue weighted by molar-refractivity contribution is 6.91. The monoisotopic (exact) mass is 614 g/mol. The summed E-state index contributed by atoms with van der Waals surface area (Å²) < 4.78 is 16.6. The molecule has 0 saturated heterocycles. The Morgan fingerprint density at radius 3 is 2.28 bits per heavy atom. The van der Waals surface area contributed by atoms with Crippen molar-refractivity contribution in [3.05, 3.63) is 30.3 Å². The fraction of sp³-hybridized carbons (Fsp3) is 0.667. The van der Waals surface area contributed by atoms with Crippen LogP contribution in [-0.4, -0.2) is 75.5 Å². The van der Waals surface area contributed by atoms with Crippen LogP contribution in [0.3, 0.4) is 0 Å². The Kier molecular flexibility index (Phi) is 9.83. The first-order valence-corrected chi connectivity index (χ1v) is 18.4. The highest BCUT2D eigenvalue weighted by Crippen LogP contribution is 2.58. The van der Waals surface area contributed by atoms with Crippen molar-refractivity contribution < 1.29 is 43.3 Å². The molecule has 43 heavy (non-hydrogen) atoms. The summed E-state index contributed by atoms with van der Waals surface area (Å²) >= 11 is 0. The number of hydrogen-bond acceptors (Lipinski definition) is 9. The molecule has 8 atom stereocenters. The van der Waals surface area contributed by atoms with Crippen LogP contribution in [-0.2, 0) is 38.2 Å². The number of Topliss-reactive ketones (excluding diaryl/α,β-unsaturated/α-hetero) is 3. The lowest BCUT2D eigenvalue weighted by molar-refractivity contribution is -0.182. The maximum absolute atomic E-state index is 14.4. The van der Waals surface area contributed by atoms with Crippen LogP contribution in [0.2, 0.25) is 18.6 Å². The predicted molar refractivity (Wildman–Crippen MR) is 161 cm³/mol. The van der Waals surface area contributed by atoms with Gasteiger partial charge in [0.25, 0.3) is 0 Å². The van der Waals surface area contributed by atoms with E-state index in [0.717, 1.165) is 0 Å². The van der Waals surface area contributed by atoms with Crippen LogP contribution in [0.1, 0.15) is 58.8 Å². The molecular formula is C33H46O9Si. The molecule has 1 N–H and O–H groups in total. The molecule has 0 aliphatic heterocycles. The molecular weight excluding hydrogens is 568 g/mol. The molecule has 3 fully saturated rings. The lowest BCUT2D eigenvalue weighted by atomic mass is 9.51. The van der Waals surface area contributed by atoms with E-state index >= 15 is 0 Å². The van der Waals surface area contributed by atoms with Crippen molar-refractivity contribution >= 4 is 42.5 Å². The van der Waals surface area contributed by atoms with Gasteiger partial charge >= 0.3 is 11.9 Å². The highest BCUT2D eigenvalue weighted by atomic mass is 28.3. The third-order valence-corrected chi connectivity index (χ3v) is 15.5. The fourth-order valence-electron chi connectivity index (χ4n) is 8.64. The van der Waals surface area contributed by atoms with Crippen LogP contribution >= 0.6 is 0 Å². The van der Waals surface area contributed by atoms with Gasteiger partial charge in [-0.05, 0) is 31.2 Å². The number of hydrogen-bond donors (Lipinski definition) is 1. The average molecular weight is 615 g/mol. The third kappa shape index (κ3) is 5.66. The van der Waals surface area contributed by atoms with Gasteiger partial charge in [0.05, 0.1) is 33.3 Å². The number of carbonyl (C=O) groups is 5. The van der Waals surface area contributed by atoms with Crippen molar-refractivity contribution in [3.63, 3.8) is 0 Å². The summed E-state index contributed by atoms with van der Waals surface area (Å²) in [4.78, 5) is 67.5. The fourth-order valence-corrected chi connectivity index (χ4v) is 11.7. The van der Waals surface area contributed by atoms with E-state index in [1.165, 1.54) is 26.3 Å². The minimum Gasteiger partial charge on any atom is -0.468 e. The van der Waals surface area contributed by atoms with E-state index in [9.17, 15) is 29.1 Å². The number of aliphatic hydroxyl groups is 1. The standard InChI is InChI=1S/C33H46O9Si/c1-20(40-3)26-12-13-29(37)32(26,31(39)41-4)18-28(42-21(2)35)27-16-23(36)14-22-15-25(17-30(38)33(22,27)19-34)43(5,6)24-10-8-7-9-11-24/h7-11,20,22,25-28,34H,12-19H2,1-6H3/t20-,22-,25-,26-,27-,28-,32+,33+/m1/s1. The topological polar surface area (TPSA) is 133 Å². The molecule has 0 unspecified atom stereocenters. The van der Waals surface area contributed by atoms with Gasteiger partial charge in [0, 0.05) is 58.0 Å². The van der Waals surface area contributed by atoms with Gasteiger partial charge in [-0.3, -0.25) is 24.0 Å². The molecule has 1 aromatic carbocycles. The summed E-state index contributed by atoms with van der Waals surface area (Å²) in [6, 6.07) is 10.1. The van der Waals surface area contributed by atoms with Crippen LogP contribution in [0.25, 0.3) is 0 Å². The summed E-state index contributed by atoms with van der Waals surface area (Å²) in [7, 11) is 0.558. The van der Waals surface area contributed by atoms with Crippen LogP contribution in [0.4, 0.5) is 0 Å². The number of fused-ring (bicyclic) bond motifs is 1. The van der Waals surface area contributed by atoms with Crippen molar-refractivity contribution in [3.8, 4) is 0 Å². The molecule has 10 heteroatoms. The number of carbonyl (C=O) groups excluding carboxylic acids is 5. The Bertz CT molecular complexity index is 1250. The zero-order valence-corrected chi connectivity index (χ0v) is 27.2. The van der Waals surface area contributed by atoms with Gasteiger partial charge in [-0.1, -0.05) is 48.6 Å². The summed E-state index contributed by atoms with van der Waals surface area (Å²) in [6.07, 6.45) is -0.500. The largest absolute Gasteiger partial charge is 0.468 e. The third-order valence-electron chi connectivity index (χ3n) is 11.2. The molecule has 9 nitrogen and oxygen atoms in total. The lowest BCUT2D eigenvalue weighted by Crippen LogP contribution is -2.62. The van der Waals surface area contributed by atoms with Crippen LogP contribution in [0.15, 0.2) is 30.3 Å². The molecule has 0 spiro atoms. The summed E-state index contributed by atoms with van der Waals surface area (Å²) in [6.45, 7) is 6.96. The number of rotatable bonds is 10. The Morgan fingerprint density at radius 1 is 1.02 bits per heavy atom. The van der Waals surface area contributed by atoms with Crippen molar-refractivity contribution in [2.75, 3.05) is 20.8 Å². The van der Waals surface area contributed by atoms with E-state index in [1.54, 1.807) is 6.92 Å². The zero-order valence-electron chi connectivity index (χ0n) is 26.2. The van der Waals surface area contributed by atoms with Gasteiger partial charge in [-0.2, -0.15) is 0 Å². The number of ketones is 3. The van der Waals surface area contributed by atoms with Crippen molar-refractivity contribution in [1.29, 1.82) is 0 Å². The minimum absolute atomic E-state index is 0.0514. The van der Waals surface area contributed by atoms with Crippen LogP contribution < -0.4 is 5.19 Å².